The number of halogens is 1. The zero-order chi connectivity index (χ0) is 12.4. The first-order chi connectivity index (χ1) is 6.02. The average Bonchev–Trinajstić information content (AvgIpc) is 1.83. The van der Waals surface area contributed by atoms with Crippen LogP contribution in [-0.2, 0) is 19.5 Å². The van der Waals surface area contributed by atoms with Gasteiger partial charge >= 0.3 is 19.5 Å². The number of aliphatic hydroxyl groups is 1. The third kappa shape index (κ3) is 397. The monoisotopic (exact) mass is 313 g/mol. The van der Waals surface area contributed by atoms with Gasteiger partial charge in [0.2, 0.25) is 0 Å². The summed E-state index contributed by atoms with van der Waals surface area (Å²) in [5.74, 6) is 0. The third-order valence-corrected chi connectivity index (χ3v) is 0.408. The molecule has 0 fully saturated rings. The van der Waals surface area contributed by atoms with Crippen molar-refractivity contribution in [3.63, 3.8) is 0 Å². The largest absolute Gasteiger partial charge is 2.00 e. The standard InChI is InChI=1S/C4H11NO.ClH.2NO3.Zn/c1-4(2,5)3-6;;2*2-1(3)4;/h6H,3,5H2,1-2H3;1H;;;/q;;2*-1;+2. The first kappa shape index (κ1) is 29.5. The SMILES string of the molecule is CC(C)(N)CO.Cl.O=[N+]([O-])[O-].O=[N+]([O-])[O-].[Zn+2]. The van der Waals surface area contributed by atoms with E-state index in [1.54, 1.807) is 13.8 Å². The van der Waals surface area contributed by atoms with E-state index < -0.39 is 15.7 Å². The van der Waals surface area contributed by atoms with Crippen molar-refractivity contribution in [2.75, 3.05) is 6.61 Å². The van der Waals surface area contributed by atoms with Gasteiger partial charge in [-0.3, -0.25) is 0 Å². The molecule has 94 valence electrons. The molecule has 0 saturated carbocycles. The van der Waals surface area contributed by atoms with Crippen molar-refractivity contribution < 1.29 is 34.8 Å². The van der Waals surface area contributed by atoms with Crippen LogP contribution in [0.1, 0.15) is 13.8 Å². The molecular weight excluding hydrogens is 303 g/mol. The van der Waals surface area contributed by atoms with E-state index in [1.807, 2.05) is 0 Å². The molecule has 0 aromatic carbocycles. The van der Waals surface area contributed by atoms with Crippen LogP contribution in [0.3, 0.4) is 0 Å². The number of rotatable bonds is 1. The van der Waals surface area contributed by atoms with Crippen LogP contribution >= 0.6 is 12.4 Å². The molecule has 0 spiro atoms. The van der Waals surface area contributed by atoms with E-state index >= 15 is 0 Å². The van der Waals surface area contributed by atoms with Crippen LogP contribution < -0.4 is 5.73 Å². The van der Waals surface area contributed by atoms with Gasteiger partial charge in [0.25, 0.3) is 0 Å². The summed E-state index contributed by atoms with van der Waals surface area (Å²) in [6.45, 7) is 3.59. The quantitative estimate of drug-likeness (QED) is 0.374. The molecule has 0 aliphatic heterocycles. The van der Waals surface area contributed by atoms with Crippen molar-refractivity contribution in [3.05, 3.63) is 30.6 Å². The van der Waals surface area contributed by atoms with Gasteiger partial charge in [-0.2, -0.15) is 0 Å². The minimum atomic E-state index is -1.75. The Morgan fingerprint density at radius 3 is 1.19 bits per heavy atom. The van der Waals surface area contributed by atoms with Gasteiger partial charge in [0, 0.05) is 5.54 Å². The smallest absolute Gasteiger partial charge is 0.394 e. The molecule has 0 bridgehead atoms. The molecule has 0 heterocycles. The molecule has 0 aliphatic rings. The van der Waals surface area contributed by atoms with E-state index in [9.17, 15) is 0 Å². The fourth-order valence-electron chi connectivity index (χ4n) is 0. The minimum Gasteiger partial charge on any atom is -0.394 e. The zero-order valence-corrected chi connectivity index (χ0v) is 12.5. The molecule has 0 aromatic rings. The molecule has 0 amide bonds. The Bertz CT molecular complexity index is 156. The summed E-state index contributed by atoms with van der Waals surface area (Å²) in [7, 11) is 0. The molecule has 0 atom stereocenters. The van der Waals surface area contributed by atoms with Gasteiger partial charge in [0.1, 0.15) is 0 Å². The summed E-state index contributed by atoms with van der Waals surface area (Å²) < 4.78 is 0. The Labute approximate surface area is 110 Å². The molecule has 0 unspecified atom stereocenters. The van der Waals surface area contributed by atoms with Crippen molar-refractivity contribution >= 4 is 12.4 Å². The summed E-state index contributed by atoms with van der Waals surface area (Å²) in [6, 6.07) is 0. The molecule has 10 nitrogen and oxygen atoms in total. The second kappa shape index (κ2) is 16.7. The number of hydrogen-bond donors (Lipinski definition) is 2. The third-order valence-electron chi connectivity index (χ3n) is 0.408. The van der Waals surface area contributed by atoms with Gasteiger partial charge in [0.15, 0.2) is 0 Å². The fourth-order valence-corrected chi connectivity index (χ4v) is 0. The van der Waals surface area contributed by atoms with Crippen LogP contribution in [0.4, 0.5) is 0 Å². The van der Waals surface area contributed by atoms with Crippen LogP contribution in [0.25, 0.3) is 0 Å². The molecule has 0 rings (SSSR count). The summed E-state index contributed by atoms with van der Waals surface area (Å²) >= 11 is 0. The zero-order valence-electron chi connectivity index (χ0n) is 8.69. The van der Waals surface area contributed by atoms with Crippen molar-refractivity contribution in [2.45, 2.75) is 19.4 Å². The van der Waals surface area contributed by atoms with Gasteiger partial charge in [-0.1, -0.05) is 0 Å². The Balaban J connectivity index is -0.0000000367. The Hall–Kier alpha value is -0.767. The fraction of sp³-hybridized carbons (Fsp3) is 1.00. The summed E-state index contributed by atoms with van der Waals surface area (Å²) in [6.07, 6.45) is 0. The van der Waals surface area contributed by atoms with E-state index in [0.717, 1.165) is 0 Å². The Morgan fingerprint density at radius 2 is 1.19 bits per heavy atom. The molecular formula is C4H12ClN3O7Zn. The second-order valence-corrected chi connectivity index (χ2v) is 2.59. The van der Waals surface area contributed by atoms with Gasteiger partial charge in [-0.25, -0.2) is 0 Å². The maximum absolute atomic E-state index is 8.28. The van der Waals surface area contributed by atoms with Crippen molar-refractivity contribution in [3.8, 4) is 0 Å². The predicted molar refractivity (Wildman–Crippen MR) is 53.3 cm³/mol. The molecule has 3 N–H and O–H groups in total. The topological polar surface area (TPSA) is 179 Å². The second-order valence-electron chi connectivity index (χ2n) is 2.59. The predicted octanol–water partition coefficient (Wildman–Crippen LogP) is -0.343. The molecule has 0 aliphatic carbocycles. The number of nitrogens with two attached hydrogens (primary N) is 1. The molecule has 0 radical (unpaired) electrons. The Kier molecular flexibility index (Phi) is 30.7. The molecule has 0 saturated heterocycles. The first-order valence-electron chi connectivity index (χ1n) is 3.05. The van der Waals surface area contributed by atoms with Crippen molar-refractivity contribution in [2.24, 2.45) is 5.73 Å². The summed E-state index contributed by atoms with van der Waals surface area (Å²) in [5, 5.41) is 37.8. The van der Waals surface area contributed by atoms with Crippen LogP contribution in [0.2, 0.25) is 0 Å². The Morgan fingerprint density at radius 1 is 1.12 bits per heavy atom. The summed E-state index contributed by atoms with van der Waals surface area (Å²) in [4.78, 5) is 16.5. The number of nitrogens with zero attached hydrogens (tertiary/aromatic N) is 2. The molecule has 16 heavy (non-hydrogen) atoms. The van der Waals surface area contributed by atoms with Gasteiger partial charge in [0.05, 0.1) is 16.8 Å². The maximum Gasteiger partial charge on any atom is 2.00 e. The summed E-state index contributed by atoms with van der Waals surface area (Å²) in [5.41, 5.74) is 4.88. The van der Waals surface area contributed by atoms with E-state index in [-0.39, 0.29) is 38.5 Å². The van der Waals surface area contributed by atoms with E-state index in [2.05, 4.69) is 0 Å². The van der Waals surface area contributed by atoms with E-state index in [1.165, 1.54) is 0 Å². The first-order valence-corrected chi connectivity index (χ1v) is 3.05. The van der Waals surface area contributed by atoms with Crippen LogP contribution in [0.5, 0.6) is 0 Å². The van der Waals surface area contributed by atoms with Crippen LogP contribution in [-0.4, -0.2) is 27.4 Å². The van der Waals surface area contributed by atoms with Gasteiger partial charge in [-0.05, 0) is 13.8 Å². The van der Waals surface area contributed by atoms with Gasteiger partial charge < -0.3 is 41.5 Å². The van der Waals surface area contributed by atoms with Crippen molar-refractivity contribution in [1.29, 1.82) is 0 Å². The maximum atomic E-state index is 8.28. The average molecular weight is 315 g/mol. The van der Waals surface area contributed by atoms with E-state index in [4.69, 9.17) is 41.5 Å². The van der Waals surface area contributed by atoms with E-state index in [0.29, 0.717) is 0 Å². The van der Waals surface area contributed by atoms with Crippen LogP contribution in [0, 0.1) is 30.6 Å². The van der Waals surface area contributed by atoms with Gasteiger partial charge in [-0.15, -0.1) is 12.4 Å². The normalized spacial score (nSPS) is 7.50. The van der Waals surface area contributed by atoms with Crippen LogP contribution in [0.15, 0.2) is 0 Å². The molecule has 0 aromatic heterocycles. The number of hydrogen-bond acceptors (Lipinski definition) is 8. The molecule has 12 heteroatoms. The van der Waals surface area contributed by atoms with Crippen molar-refractivity contribution in [1.82, 2.24) is 0 Å². The minimum absolute atomic E-state index is 0. The number of aliphatic hydroxyl groups excluding tert-OH is 1.